The minimum Gasteiger partial charge on any atom is -0.350 e. The number of carbonyl (C=O) groups is 1. The summed E-state index contributed by atoms with van der Waals surface area (Å²) in [6.45, 7) is 4.03. The summed E-state index contributed by atoms with van der Waals surface area (Å²) in [7, 11) is 0. The minimum absolute atomic E-state index is 0.0709. The second-order valence-electron chi connectivity index (χ2n) is 8.12. The predicted octanol–water partition coefficient (Wildman–Crippen LogP) is 5.82. The molecule has 0 saturated carbocycles. The van der Waals surface area contributed by atoms with Crippen molar-refractivity contribution >= 4 is 17.7 Å². The van der Waals surface area contributed by atoms with E-state index in [2.05, 4.69) is 15.5 Å². The van der Waals surface area contributed by atoms with E-state index in [4.69, 9.17) is 0 Å². The van der Waals surface area contributed by atoms with Crippen LogP contribution in [0.15, 0.2) is 84.0 Å². The average molecular weight is 475 g/mol. The topological polar surface area (TPSA) is 59.8 Å². The zero-order valence-corrected chi connectivity index (χ0v) is 20.1. The Hall–Kier alpha value is -3.45. The molecule has 3 aromatic carbocycles. The first kappa shape index (κ1) is 23.7. The molecule has 0 aliphatic heterocycles. The van der Waals surface area contributed by atoms with Gasteiger partial charge in [0, 0.05) is 23.8 Å². The van der Waals surface area contributed by atoms with Gasteiger partial charge in [-0.3, -0.25) is 9.36 Å². The third-order valence-corrected chi connectivity index (χ3v) is 6.57. The van der Waals surface area contributed by atoms with Crippen molar-refractivity contribution < 1.29 is 9.18 Å². The summed E-state index contributed by atoms with van der Waals surface area (Å²) >= 11 is 1.49. The molecule has 1 aromatic heterocycles. The van der Waals surface area contributed by atoms with Crippen molar-refractivity contribution in [1.82, 2.24) is 20.1 Å². The summed E-state index contributed by atoms with van der Waals surface area (Å²) in [5.74, 6) is 0.898. The number of hydrogen-bond donors (Lipinski definition) is 1. The van der Waals surface area contributed by atoms with Crippen LogP contribution in [-0.2, 0) is 12.2 Å². The Morgan fingerprint density at radius 1 is 0.971 bits per heavy atom. The van der Waals surface area contributed by atoms with Crippen molar-refractivity contribution in [1.29, 1.82) is 0 Å². The molecule has 0 aliphatic carbocycles. The quantitative estimate of drug-likeness (QED) is 0.311. The fourth-order valence-electron chi connectivity index (χ4n) is 3.47. The SMILES string of the molecule is CCC(C)NC(=O)c1ccc(CSc2nnc(Cc3ccccc3)n2-c2ccccc2F)cc1. The van der Waals surface area contributed by atoms with Crippen molar-refractivity contribution in [3.63, 3.8) is 0 Å². The van der Waals surface area contributed by atoms with Crippen molar-refractivity contribution in [2.75, 3.05) is 0 Å². The van der Waals surface area contributed by atoms with Gasteiger partial charge in [-0.2, -0.15) is 0 Å². The molecule has 34 heavy (non-hydrogen) atoms. The van der Waals surface area contributed by atoms with Gasteiger partial charge in [-0.05, 0) is 48.7 Å². The van der Waals surface area contributed by atoms with E-state index in [1.54, 1.807) is 16.7 Å². The van der Waals surface area contributed by atoms with Gasteiger partial charge in [0.05, 0.1) is 5.69 Å². The van der Waals surface area contributed by atoms with Crippen LogP contribution in [0.4, 0.5) is 4.39 Å². The van der Waals surface area contributed by atoms with Crippen LogP contribution in [-0.4, -0.2) is 26.7 Å². The average Bonchev–Trinajstić information content (AvgIpc) is 3.25. The van der Waals surface area contributed by atoms with Crippen LogP contribution >= 0.6 is 11.8 Å². The molecule has 0 radical (unpaired) electrons. The Morgan fingerprint density at radius 2 is 1.68 bits per heavy atom. The fraction of sp³-hybridized carbons (Fsp3) is 0.222. The molecule has 4 rings (SSSR count). The third-order valence-electron chi connectivity index (χ3n) is 5.57. The summed E-state index contributed by atoms with van der Waals surface area (Å²) in [5, 5.41) is 12.4. The first-order valence-corrected chi connectivity index (χ1v) is 12.3. The summed E-state index contributed by atoms with van der Waals surface area (Å²) in [6, 6.07) is 24.3. The van der Waals surface area contributed by atoms with Gasteiger partial charge < -0.3 is 5.32 Å². The number of benzene rings is 3. The highest BCUT2D eigenvalue weighted by Gasteiger charge is 2.18. The Morgan fingerprint density at radius 3 is 2.38 bits per heavy atom. The van der Waals surface area contributed by atoms with Crippen LogP contribution in [0, 0.1) is 5.82 Å². The number of aromatic nitrogens is 3. The highest BCUT2D eigenvalue weighted by molar-refractivity contribution is 7.98. The van der Waals surface area contributed by atoms with Crippen LogP contribution in [0.1, 0.15) is 47.6 Å². The molecule has 0 bridgehead atoms. The van der Waals surface area contributed by atoms with Gasteiger partial charge in [0.25, 0.3) is 5.91 Å². The molecule has 4 aromatic rings. The zero-order chi connectivity index (χ0) is 23.9. The lowest BCUT2D eigenvalue weighted by molar-refractivity contribution is 0.0939. The maximum absolute atomic E-state index is 14.7. The van der Waals surface area contributed by atoms with E-state index >= 15 is 0 Å². The Labute approximate surface area is 203 Å². The van der Waals surface area contributed by atoms with Gasteiger partial charge in [0.2, 0.25) is 0 Å². The summed E-state index contributed by atoms with van der Waals surface area (Å²) in [6.07, 6.45) is 1.43. The molecule has 1 atom stereocenters. The van der Waals surface area contributed by atoms with Crippen molar-refractivity contribution in [3.8, 4) is 5.69 Å². The Kier molecular flexibility index (Phi) is 7.75. The number of halogens is 1. The largest absolute Gasteiger partial charge is 0.350 e. The summed E-state index contributed by atoms with van der Waals surface area (Å²) in [5.41, 5.74) is 3.18. The smallest absolute Gasteiger partial charge is 0.251 e. The maximum Gasteiger partial charge on any atom is 0.251 e. The number of thioether (sulfide) groups is 1. The molecule has 0 saturated heterocycles. The molecule has 1 amide bonds. The van der Waals surface area contributed by atoms with Gasteiger partial charge >= 0.3 is 0 Å². The molecule has 1 unspecified atom stereocenters. The highest BCUT2D eigenvalue weighted by atomic mass is 32.2. The standard InChI is InChI=1S/C27H27FN4OS/c1-3-19(2)29-26(33)22-15-13-21(14-16-22)18-34-27-31-30-25(17-20-9-5-4-6-10-20)32(27)24-12-8-7-11-23(24)28/h4-16,19H,3,17-18H2,1-2H3,(H,29,33). The van der Waals surface area contributed by atoms with E-state index in [0.717, 1.165) is 17.5 Å². The minimum atomic E-state index is -0.324. The lowest BCUT2D eigenvalue weighted by atomic mass is 10.1. The molecule has 1 heterocycles. The van der Waals surface area contributed by atoms with Crippen LogP contribution < -0.4 is 5.32 Å². The second-order valence-corrected chi connectivity index (χ2v) is 9.06. The van der Waals surface area contributed by atoms with Gasteiger partial charge in [-0.25, -0.2) is 4.39 Å². The number of nitrogens with one attached hydrogen (secondary N) is 1. The van der Waals surface area contributed by atoms with E-state index in [0.29, 0.717) is 34.4 Å². The number of para-hydroxylation sites is 1. The first-order chi connectivity index (χ1) is 16.5. The van der Waals surface area contributed by atoms with Gasteiger partial charge in [-0.1, -0.05) is 73.3 Å². The Balaban J connectivity index is 1.54. The first-order valence-electron chi connectivity index (χ1n) is 11.3. The van der Waals surface area contributed by atoms with E-state index in [1.165, 1.54) is 17.8 Å². The lowest BCUT2D eigenvalue weighted by Crippen LogP contribution is -2.31. The molecule has 174 valence electrons. The van der Waals surface area contributed by atoms with Crippen LogP contribution in [0.25, 0.3) is 5.69 Å². The van der Waals surface area contributed by atoms with Gasteiger partial charge in [-0.15, -0.1) is 10.2 Å². The molecular weight excluding hydrogens is 447 g/mol. The lowest BCUT2D eigenvalue weighted by Gasteiger charge is -2.12. The highest BCUT2D eigenvalue weighted by Crippen LogP contribution is 2.27. The number of carbonyl (C=O) groups excluding carboxylic acids is 1. The Bertz CT molecular complexity index is 1240. The predicted molar refractivity (Wildman–Crippen MR) is 134 cm³/mol. The summed E-state index contributed by atoms with van der Waals surface area (Å²) < 4.78 is 16.5. The van der Waals surface area contributed by atoms with Gasteiger partial charge in [0.1, 0.15) is 11.6 Å². The normalized spacial score (nSPS) is 11.9. The molecule has 0 aliphatic rings. The molecule has 7 heteroatoms. The van der Waals surface area contributed by atoms with Crippen LogP contribution in [0.5, 0.6) is 0 Å². The molecule has 0 fully saturated rings. The summed E-state index contributed by atoms with van der Waals surface area (Å²) in [4.78, 5) is 12.3. The maximum atomic E-state index is 14.7. The van der Waals surface area contributed by atoms with E-state index in [9.17, 15) is 9.18 Å². The van der Waals surface area contributed by atoms with Crippen molar-refractivity contribution in [2.45, 2.75) is 43.6 Å². The molecule has 1 N–H and O–H groups in total. The van der Waals surface area contributed by atoms with Crippen LogP contribution in [0.2, 0.25) is 0 Å². The number of nitrogens with zero attached hydrogens (tertiary/aromatic N) is 3. The zero-order valence-electron chi connectivity index (χ0n) is 19.2. The van der Waals surface area contributed by atoms with Crippen molar-refractivity contribution in [3.05, 3.63) is 107 Å². The molecular formula is C27H27FN4OS. The van der Waals surface area contributed by atoms with Crippen LogP contribution in [0.3, 0.4) is 0 Å². The second kappa shape index (κ2) is 11.1. The molecule has 5 nitrogen and oxygen atoms in total. The number of hydrogen-bond acceptors (Lipinski definition) is 4. The third kappa shape index (κ3) is 5.72. The van der Waals surface area contributed by atoms with E-state index in [1.807, 2.05) is 74.5 Å². The van der Waals surface area contributed by atoms with E-state index in [-0.39, 0.29) is 17.8 Å². The monoisotopic (exact) mass is 474 g/mol. The fourth-order valence-corrected chi connectivity index (χ4v) is 4.39. The number of rotatable bonds is 9. The van der Waals surface area contributed by atoms with Crippen molar-refractivity contribution in [2.24, 2.45) is 0 Å². The number of amides is 1. The molecule has 0 spiro atoms. The van der Waals surface area contributed by atoms with E-state index < -0.39 is 0 Å². The van der Waals surface area contributed by atoms with Gasteiger partial charge in [0.15, 0.2) is 5.16 Å².